The molecular weight excluding hydrogens is 379 g/mol. The van der Waals surface area contributed by atoms with Gasteiger partial charge in [-0.1, -0.05) is 29.8 Å². The lowest BCUT2D eigenvalue weighted by molar-refractivity contribution is 0.0720. The van der Waals surface area contributed by atoms with Gasteiger partial charge >= 0.3 is 0 Å². The standard InChI is InChI=1S/C22H26ClFN2O2/c1-27-21-11-15(12-25-20-13-26-8-6-16(20)7-9-26)10-18(23)22(21)28-14-17-4-2-3-5-19(17)24/h2-5,10-11,16,20,25H,6-9,12-14H2,1H3. The molecule has 3 aliphatic heterocycles. The predicted molar refractivity (Wildman–Crippen MR) is 109 cm³/mol. The molecule has 1 unspecified atom stereocenters. The molecule has 28 heavy (non-hydrogen) atoms. The highest BCUT2D eigenvalue weighted by Crippen LogP contribution is 2.37. The second kappa shape index (κ2) is 8.68. The maximum atomic E-state index is 13.8. The number of hydrogen-bond acceptors (Lipinski definition) is 4. The lowest BCUT2D eigenvalue weighted by atomic mass is 9.84. The van der Waals surface area contributed by atoms with Crippen LogP contribution in [0, 0.1) is 11.7 Å². The molecule has 1 atom stereocenters. The predicted octanol–water partition coefficient (Wildman–Crippen LogP) is 4.25. The summed E-state index contributed by atoms with van der Waals surface area (Å²) in [5.41, 5.74) is 1.53. The molecule has 150 valence electrons. The Hall–Kier alpha value is -1.82. The monoisotopic (exact) mass is 404 g/mol. The number of fused-ring (bicyclic) bond motifs is 3. The summed E-state index contributed by atoms with van der Waals surface area (Å²) in [6.07, 6.45) is 2.56. The molecule has 0 aliphatic carbocycles. The maximum absolute atomic E-state index is 13.8. The number of benzene rings is 2. The number of hydrogen-bond donors (Lipinski definition) is 1. The Morgan fingerprint density at radius 2 is 2.00 bits per heavy atom. The van der Waals surface area contributed by atoms with Crippen LogP contribution in [0.15, 0.2) is 36.4 Å². The molecule has 0 spiro atoms. The Morgan fingerprint density at radius 1 is 1.21 bits per heavy atom. The maximum Gasteiger partial charge on any atom is 0.180 e. The van der Waals surface area contributed by atoms with Gasteiger partial charge in [0.25, 0.3) is 0 Å². The van der Waals surface area contributed by atoms with Crippen molar-refractivity contribution in [3.8, 4) is 11.5 Å². The van der Waals surface area contributed by atoms with Gasteiger partial charge in [0.05, 0.1) is 12.1 Å². The van der Waals surface area contributed by atoms with Gasteiger partial charge in [-0.3, -0.25) is 0 Å². The lowest BCUT2D eigenvalue weighted by Gasteiger charge is -2.45. The molecule has 0 amide bonds. The first-order valence-electron chi connectivity index (χ1n) is 9.82. The number of piperidine rings is 3. The molecule has 0 saturated carbocycles. The number of methoxy groups -OCH3 is 1. The highest BCUT2D eigenvalue weighted by atomic mass is 35.5. The van der Waals surface area contributed by atoms with Crippen molar-refractivity contribution >= 4 is 11.6 Å². The van der Waals surface area contributed by atoms with Gasteiger partial charge in [-0.05, 0) is 55.6 Å². The van der Waals surface area contributed by atoms with Crippen LogP contribution in [0.4, 0.5) is 4.39 Å². The molecule has 0 aromatic heterocycles. The molecule has 2 aromatic carbocycles. The van der Waals surface area contributed by atoms with Crippen molar-refractivity contribution < 1.29 is 13.9 Å². The number of rotatable bonds is 7. The number of nitrogens with zero attached hydrogens (tertiary/aromatic N) is 1. The van der Waals surface area contributed by atoms with Gasteiger partial charge in [-0.15, -0.1) is 0 Å². The fourth-order valence-electron chi connectivity index (χ4n) is 4.23. The fraction of sp³-hybridized carbons (Fsp3) is 0.455. The van der Waals surface area contributed by atoms with E-state index in [1.807, 2.05) is 12.1 Å². The van der Waals surface area contributed by atoms with Crippen molar-refractivity contribution in [1.82, 2.24) is 10.2 Å². The van der Waals surface area contributed by atoms with E-state index in [1.54, 1.807) is 25.3 Å². The van der Waals surface area contributed by atoms with Crippen LogP contribution in [0.3, 0.4) is 0 Å². The molecule has 3 heterocycles. The Balaban J connectivity index is 1.42. The summed E-state index contributed by atoms with van der Waals surface area (Å²) in [5, 5.41) is 4.16. The smallest absolute Gasteiger partial charge is 0.180 e. The molecular formula is C22H26ClFN2O2. The van der Waals surface area contributed by atoms with Crippen molar-refractivity contribution in [3.63, 3.8) is 0 Å². The Labute approximate surface area is 170 Å². The molecule has 4 nitrogen and oxygen atoms in total. The van der Waals surface area contributed by atoms with E-state index >= 15 is 0 Å². The fourth-order valence-corrected chi connectivity index (χ4v) is 4.51. The zero-order valence-electron chi connectivity index (χ0n) is 16.1. The van der Waals surface area contributed by atoms with Crippen molar-refractivity contribution in [2.45, 2.75) is 32.0 Å². The zero-order chi connectivity index (χ0) is 19.5. The van der Waals surface area contributed by atoms with E-state index in [9.17, 15) is 4.39 Å². The van der Waals surface area contributed by atoms with Crippen LogP contribution < -0.4 is 14.8 Å². The highest BCUT2D eigenvalue weighted by Gasteiger charge is 2.33. The first-order valence-corrected chi connectivity index (χ1v) is 10.2. The summed E-state index contributed by atoms with van der Waals surface area (Å²) >= 11 is 6.47. The number of ether oxygens (including phenoxy) is 2. The summed E-state index contributed by atoms with van der Waals surface area (Å²) in [7, 11) is 1.59. The third kappa shape index (κ3) is 4.27. The average Bonchev–Trinajstić information content (AvgIpc) is 2.73. The van der Waals surface area contributed by atoms with E-state index in [1.165, 1.54) is 32.0 Å². The van der Waals surface area contributed by atoms with Gasteiger partial charge in [0.15, 0.2) is 11.5 Å². The molecule has 2 bridgehead atoms. The molecule has 3 aliphatic rings. The molecule has 1 N–H and O–H groups in total. The quantitative estimate of drug-likeness (QED) is 0.748. The average molecular weight is 405 g/mol. The van der Waals surface area contributed by atoms with Crippen molar-refractivity contribution in [1.29, 1.82) is 0 Å². The van der Waals surface area contributed by atoms with E-state index in [2.05, 4.69) is 10.2 Å². The van der Waals surface area contributed by atoms with Gasteiger partial charge < -0.3 is 19.7 Å². The Morgan fingerprint density at radius 3 is 2.68 bits per heavy atom. The van der Waals surface area contributed by atoms with E-state index in [0.717, 1.165) is 24.6 Å². The van der Waals surface area contributed by atoms with Crippen LogP contribution in [-0.4, -0.2) is 37.7 Å². The topological polar surface area (TPSA) is 33.7 Å². The molecule has 5 rings (SSSR count). The third-order valence-corrected chi connectivity index (χ3v) is 6.12. The van der Waals surface area contributed by atoms with Gasteiger partial charge in [-0.2, -0.15) is 0 Å². The Bertz CT molecular complexity index is 824. The van der Waals surface area contributed by atoms with Crippen molar-refractivity contribution in [3.05, 3.63) is 58.4 Å². The summed E-state index contributed by atoms with van der Waals surface area (Å²) in [6, 6.07) is 10.9. The third-order valence-electron chi connectivity index (χ3n) is 5.84. The van der Waals surface area contributed by atoms with Crippen LogP contribution in [0.5, 0.6) is 11.5 Å². The molecule has 6 heteroatoms. The van der Waals surface area contributed by atoms with E-state index < -0.39 is 0 Å². The number of nitrogens with one attached hydrogen (secondary N) is 1. The molecule has 3 saturated heterocycles. The zero-order valence-corrected chi connectivity index (χ0v) is 16.8. The minimum Gasteiger partial charge on any atom is -0.493 e. The SMILES string of the molecule is COc1cc(CNC2CN3CCC2CC3)cc(Cl)c1OCc1ccccc1F. The van der Waals surface area contributed by atoms with Crippen LogP contribution in [0.25, 0.3) is 0 Å². The molecule has 0 radical (unpaired) electrons. The number of halogens is 2. The second-order valence-corrected chi connectivity index (χ2v) is 8.02. The van der Waals surface area contributed by atoms with Gasteiger partial charge in [0, 0.05) is 24.7 Å². The summed E-state index contributed by atoms with van der Waals surface area (Å²) in [6.45, 7) is 4.42. The minimum atomic E-state index is -0.295. The molecule has 3 fully saturated rings. The first kappa shape index (κ1) is 19.5. The summed E-state index contributed by atoms with van der Waals surface area (Å²) in [5.74, 6) is 1.48. The first-order chi connectivity index (χ1) is 13.6. The van der Waals surface area contributed by atoms with E-state index in [-0.39, 0.29) is 12.4 Å². The van der Waals surface area contributed by atoms with E-state index in [4.69, 9.17) is 21.1 Å². The van der Waals surface area contributed by atoms with Crippen molar-refractivity contribution in [2.24, 2.45) is 5.92 Å². The van der Waals surface area contributed by atoms with Gasteiger partial charge in [0.1, 0.15) is 12.4 Å². The van der Waals surface area contributed by atoms with Crippen molar-refractivity contribution in [2.75, 3.05) is 26.7 Å². The molecule has 2 aromatic rings. The second-order valence-electron chi connectivity index (χ2n) is 7.61. The van der Waals surface area contributed by atoms with Gasteiger partial charge in [0.2, 0.25) is 0 Å². The van der Waals surface area contributed by atoms with Crippen LogP contribution in [0.1, 0.15) is 24.0 Å². The minimum absolute atomic E-state index is 0.0972. The van der Waals surface area contributed by atoms with Crippen LogP contribution >= 0.6 is 11.6 Å². The lowest BCUT2D eigenvalue weighted by Crippen LogP contribution is -2.55. The summed E-state index contributed by atoms with van der Waals surface area (Å²) < 4.78 is 25.1. The van der Waals surface area contributed by atoms with E-state index in [0.29, 0.717) is 28.1 Å². The highest BCUT2D eigenvalue weighted by molar-refractivity contribution is 6.32. The summed E-state index contributed by atoms with van der Waals surface area (Å²) in [4.78, 5) is 2.53. The van der Waals surface area contributed by atoms with Gasteiger partial charge in [-0.25, -0.2) is 4.39 Å². The van der Waals surface area contributed by atoms with Crippen LogP contribution in [-0.2, 0) is 13.2 Å². The Kier molecular flexibility index (Phi) is 6.04. The normalized spacial score (nSPS) is 23.6. The van der Waals surface area contributed by atoms with Crippen LogP contribution in [0.2, 0.25) is 5.02 Å². The largest absolute Gasteiger partial charge is 0.493 e.